The zero-order valence-corrected chi connectivity index (χ0v) is 15.7. The molecule has 3 aromatic rings. The van der Waals surface area contributed by atoms with Gasteiger partial charge in [-0.2, -0.15) is 5.10 Å². The molecule has 0 saturated heterocycles. The highest BCUT2D eigenvalue weighted by Crippen LogP contribution is 2.30. The van der Waals surface area contributed by atoms with Gasteiger partial charge in [0, 0.05) is 22.3 Å². The summed E-state index contributed by atoms with van der Waals surface area (Å²) >= 11 is 7.73. The van der Waals surface area contributed by atoms with Crippen molar-refractivity contribution < 1.29 is 0 Å². The van der Waals surface area contributed by atoms with Crippen LogP contribution in [0.15, 0.2) is 70.9 Å². The van der Waals surface area contributed by atoms with E-state index < -0.39 is 0 Å². The lowest BCUT2D eigenvalue weighted by molar-refractivity contribution is 0.869. The second-order valence-electron chi connectivity index (χ2n) is 5.84. The molecule has 130 valence electrons. The average Bonchev–Trinajstić information content (AvgIpc) is 3.05. The maximum absolute atomic E-state index is 5.96. The molecule has 0 spiro atoms. The Hall–Kier alpha value is -2.44. The molecule has 0 saturated carbocycles. The topological polar surface area (TPSA) is 54.3 Å². The standard InChI is InChI=1S/C19H16ClN5S/c1-13-18(26-15-7-5-14(20)6-8-15)12-25(24-13)19-22-11-9-17(23-19)16-4-2-3-10-21-16/h2-11,18H,12H2,1H3. The number of nitrogens with zero attached hydrogens (tertiary/aromatic N) is 5. The van der Waals surface area contributed by atoms with Crippen molar-refractivity contribution >= 4 is 35.0 Å². The minimum atomic E-state index is 0.248. The zero-order chi connectivity index (χ0) is 17.9. The van der Waals surface area contributed by atoms with Crippen molar-refractivity contribution in [2.45, 2.75) is 17.1 Å². The second-order valence-corrected chi connectivity index (χ2v) is 7.55. The van der Waals surface area contributed by atoms with E-state index in [2.05, 4.69) is 20.1 Å². The quantitative estimate of drug-likeness (QED) is 0.663. The van der Waals surface area contributed by atoms with Crippen LogP contribution in [0.5, 0.6) is 0 Å². The van der Waals surface area contributed by atoms with Crippen molar-refractivity contribution in [2.75, 3.05) is 11.6 Å². The summed E-state index contributed by atoms with van der Waals surface area (Å²) in [6.07, 6.45) is 3.50. The number of rotatable bonds is 4. The van der Waals surface area contributed by atoms with Crippen LogP contribution in [0.4, 0.5) is 5.95 Å². The maximum Gasteiger partial charge on any atom is 0.246 e. The Balaban J connectivity index is 1.52. The Morgan fingerprint density at radius 1 is 1.00 bits per heavy atom. The summed E-state index contributed by atoms with van der Waals surface area (Å²) in [7, 11) is 0. The minimum absolute atomic E-state index is 0.248. The first kappa shape index (κ1) is 17.0. The molecule has 0 aliphatic carbocycles. The lowest BCUT2D eigenvalue weighted by Crippen LogP contribution is -2.22. The third-order valence-electron chi connectivity index (χ3n) is 3.98. The fourth-order valence-corrected chi connectivity index (χ4v) is 3.82. The van der Waals surface area contributed by atoms with Gasteiger partial charge < -0.3 is 0 Å². The number of aromatic nitrogens is 3. The van der Waals surface area contributed by atoms with E-state index in [1.54, 1.807) is 24.2 Å². The van der Waals surface area contributed by atoms with Crippen molar-refractivity contribution in [1.82, 2.24) is 15.0 Å². The maximum atomic E-state index is 5.96. The fourth-order valence-electron chi connectivity index (χ4n) is 2.64. The van der Waals surface area contributed by atoms with E-state index in [0.717, 1.165) is 28.7 Å². The minimum Gasteiger partial charge on any atom is -0.255 e. The summed E-state index contributed by atoms with van der Waals surface area (Å²) in [5, 5.41) is 7.49. The molecule has 1 aromatic carbocycles. The van der Waals surface area contributed by atoms with Crippen LogP contribution in [0.2, 0.25) is 5.02 Å². The van der Waals surface area contributed by atoms with Crippen LogP contribution < -0.4 is 5.01 Å². The molecule has 2 aromatic heterocycles. The molecular weight excluding hydrogens is 366 g/mol. The molecule has 0 fully saturated rings. The highest BCUT2D eigenvalue weighted by atomic mass is 35.5. The summed E-state index contributed by atoms with van der Waals surface area (Å²) in [6, 6.07) is 15.5. The fraction of sp³-hybridized carbons (Fsp3) is 0.158. The van der Waals surface area contributed by atoms with E-state index in [4.69, 9.17) is 11.6 Å². The molecule has 0 N–H and O–H groups in total. The Morgan fingerprint density at radius 3 is 2.62 bits per heavy atom. The third-order valence-corrected chi connectivity index (χ3v) is 5.55. The molecule has 0 bridgehead atoms. The van der Waals surface area contributed by atoms with Crippen LogP contribution in [-0.2, 0) is 0 Å². The first-order chi connectivity index (χ1) is 12.7. The molecule has 0 radical (unpaired) electrons. The van der Waals surface area contributed by atoms with Crippen LogP contribution >= 0.6 is 23.4 Å². The number of anilines is 1. The van der Waals surface area contributed by atoms with Crippen molar-refractivity contribution in [1.29, 1.82) is 0 Å². The van der Waals surface area contributed by atoms with Gasteiger partial charge in [0.15, 0.2) is 0 Å². The SMILES string of the molecule is CC1=NN(c2nccc(-c3ccccn3)n2)CC1Sc1ccc(Cl)cc1. The summed E-state index contributed by atoms with van der Waals surface area (Å²) in [6.45, 7) is 2.76. The summed E-state index contributed by atoms with van der Waals surface area (Å²) in [5.41, 5.74) is 2.66. The van der Waals surface area contributed by atoms with Gasteiger partial charge >= 0.3 is 0 Å². The van der Waals surface area contributed by atoms with Crippen molar-refractivity contribution in [3.05, 3.63) is 65.9 Å². The molecule has 1 aliphatic rings. The van der Waals surface area contributed by atoms with E-state index in [0.29, 0.717) is 5.95 Å². The van der Waals surface area contributed by atoms with E-state index >= 15 is 0 Å². The van der Waals surface area contributed by atoms with Gasteiger partial charge in [-0.15, -0.1) is 11.8 Å². The molecule has 7 heteroatoms. The molecule has 5 nitrogen and oxygen atoms in total. The van der Waals surface area contributed by atoms with Gasteiger partial charge in [0.2, 0.25) is 5.95 Å². The molecule has 26 heavy (non-hydrogen) atoms. The molecule has 0 amide bonds. The number of hydrazone groups is 1. The first-order valence-corrected chi connectivity index (χ1v) is 9.44. The van der Waals surface area contributed by atoms with E-state index in [1.807, 2.05) is 60.5 Å². The number of benzene rings is 1. The van der Waals surface area contributed by atoms with Crippen molar-refractivity contribution in [3.8, 4) is 11.4 Å². The highest BCUT2D eigenvalue weighted by molar-refractivity contribution is 8.00. The molecule has 1 aliphatic heterocycles. The Labute approximate surface area is 161 Å². The number of halogens is 1. The van der Waals surface area contributed by atoms with Crippen LogP contribution in [0.3, 0.4) is 0 Å². The Bertz CT molecular complexity index is 930. The second kappa shape index (κ2) is 7.43. The van der Waals surface area contributed by atoms with E-state index in [9.17, 15) is 0 Å². The predicted octanol–water partition coefficient (Wildman–Crippen LogP) is 4.55. The molecule has 1 atom stereocenters. The monoisotopic (exact) mass is 381 g/mol. The largest absolute Gasteiger partial charge is 0.255 e. The van der Waals surface area contributed by atoms with Gasteiger partial charge in [0.1, 0.15) is 0 Å². The Kier molecular flexibility index (Phi) is 4.86. The predicted molar refractivity (Wildman–Crippen MR) is 107 cm³/mol. The van der Waals surface area contributed by atoms with E-state index in [1.165, 1.54) is 4.90 Å². The van der Waals surface area contributed by atoms with Crippen molar-refractivity contribution in [3.63, 3.8) is 0 Å². The first-order valence-electron chi connectivity index (χ1n) is 8.18. The van der Waals surface area contributed by atoms with Gasteiger partial charge in [0.05, 0.1) is 28.9 Å². The van der Waals surface area contributed by atoms with Crippen LogP contribution in [0.25, 0.3) is 11.4 Å². The zero-order valence-electron chi connectivity index (χ0n) is 14.1. The van der Waals surface area contributed by atoms with Gasteiger partial charge in [-0.3, -0.25) is 4.98 Å². The van der Waals surface area contributed by atoms with Gasteiger partial charge in [-0.25, -0.2) is 15.0 Å². The normalized spacial score (nSPS) is 16.6. The average molecular weight is 382 g/mol. The molecule has 1 unspecified atom stereocenters. The number of thioether (sulfide) groups is 1. The number of hydrogen-bond acceptors (Lipinski definition) is 6. The highest BCUT2D eigenvalue weighted by Gasteiger charge is 2.27. The Morgan fingerprint density at radius 2 is 1.85 bits per heavy atom. The summed E-state index contributed by atoms with van der Waals surface area (Å²) < 4.78 is 0. The lowest BCUT2D eigenvalue weighted by atomic mass is 10.2. The van der Waals surface area contributed by atoms with Crippen LogP contribution in [0, 0.1) is 0 Å². The van der Waals surface area contributed by atoms with Crippen molar-refractivity contribution in [2.24, 2.45) is 5.10 Å². The molecule has 4 rings (SSSR count). The summed E-state index contributed by atoms with van der Waals surface area (Å²) in [5.74, 6) is 0.590. The number of hydrogen-bond donors (Lipinski definition) is 0. The van der Waals surface area contributed by atoms with Crippen LogP contribution in [0.1, 0.15) is 6.92 Å². The van der Waals surface area contributed by atoms with Gasteiger partial charge in [-0.1, -0.05) is 17.7 Å². The smallest absolute Gasteiger partial charge is 0.246 e. The lowest BCUT2D eigenvalue weighted by Gasteiger charge is -2.14. The molecular formula is C19H16ClN5S. The van der Waals surface area contributed by atoms with E-state index in [-0.39, 0.29) is 5.25 Å². The summed E-state index contributed by atoms with van der Waals surface area (Å²) in [4.78, 5) is 14.5. The van der Waals surface area contributed by atoms with Gasteiger partial charge in [-0.05, 0) is 49.4 Å². The number of pyridine rings is 1. The van der Waals surface area contributed by atoms with Gasteiger partial charge in [0.25, 0.3) is 0 Å². The van der Waals surface area contributed by atoms with Crippen LogP contribution in [-0.4, -0.2) is 32.5 Å². The third kappa shape index (κ3) is 3.71. The molecule has 3 heterocycles.